The van der Waals surface area contributed by atoms with Gasteiger partial charge in [-0.05, 0) is 13.5 Å². The topological polar surface area (TPSA) is 56.8 Å². The molecule has 1 saturated carbocycles. The Morgan fingerprint density at radius 2 is 2.14 bits per heavy atom. The molecular formula is C9H17NO4. The van der Waals surface area contributed by atoms with Crippen molar-refractivity contribution in [1.29, 1.82) is 0 Å². The highest BCUT2D eigenvalue weighted by Crippen LogP contribution is 2.34. The second kappa shape index (κ2) is 4.84. The second-order valence-electron chi connectivity index (χ2n) is 3.16. The lowest BCUT2D eigenvalue weighted by Gasteiger charge is -2.14. The van der Waals surface area contributed by atoms with Crippen LogP contribution in [0.4, 0.5) is 0 Å². The third-order valence-corrected chi connectivity index (χ3v) is 2.32. The van der Waals surface area contributed by atoms with E-state index in [0.717, 1.165) is 6.42 Å². The van der Waals surface area contributed by atoms with Gasteiger partial charge in [-0.2, -0.15) is 0 Å². The summed E-state index contributed by atoms with van der Waals surface area (Å²) >= 11 is 0. The highest BCUT2D eigenvalue weighted by molar-refractivity contribution is 6.09. The van der Waals surface area contributed by atoms with Crippen molar-refractivity contribution in [3.63, 3.8) is 0 Å². The Morgan fingerprint density at radius 3 is 2.57 bits per heavy atom. The molecule has 2 atom stereocenters. The van der Waals surface area contributed by atoms with Gasteiger partial charge >= 0.3 is 0 Å². The van der Waals surface area contributed by atoms with E-state index in [1.165, 1.54) is 7.11 Å². The summed E-state index contributed by atoms with van der Waals surface area (Å²) in [6.45, 7) is 1.12. The van der Waals surface area contributed by atoms with E-state index < -0.39 is 11.8 Å². The van der Waals surface area contributed by atoms with Gasteiger partial charge in [0, 0.05) is 20.8 Å². The highest BCUT2D eigenvalue weighted by atomic mass is 16.6. The van der Waals surface area contributed by atoms with Crippen LogP contribution in [0.3, 0.4) is 0 Å². The van der Waals surface area contributed by atoms with Crippen molar-refractivity contribution in [1.82, 2.24) is 5.32 Å². The normalized spacial score (nSPS) is 30.8. The Kier molecular flexibility index (Phi) is 4.00. The number of nitrogens with one attached hydrogen (secondary N) is 1. The molecule has 0 aromatic carbocycles. The average molecular weight is 203 g/mol. The standard InChI is InChI=1S/C9H17NO4/c1-10-9(7(11)8(9)13-3)14-6-4-5-12-2/h8,10H,4-6H2,1-3H3. The van der Waals surface area contributed by atoms with Crippen LogP contribution in [0.25, 0.3) is 0 Å². The third kappa shape index (κ3) is 1.95. The van der Waals surface area contributed by atoms with E-state index in [1.54, 1.807) is 14.2 Å². The monoisotopic (exact) mass is 203 g/mol. The number of Topliss-reactive ketones (excluding diaryl/α,β-unsaturated/α-hetero) is 1. The lowest BCUT2D eigenvalue weighted by atomic mass is 10.5. The fourth-order valence-electron chi connectivity index (χ4n) is 1.44. The quantitative estimate of drug-likeness (QED) is 0.449. The highest BCUT2D eigenvalue weighted by Gasteiger charge is 2.67. The van der Waals surface area contributed by atoms with Crippen LogP contribution in [0, 0.1) is 0 Å². The predicted octanol–water partition coefficient (Wildman–Crippen LogP) is -0.447. The van der Waals surface area contributed by atoms with Crippen LogP contribution < -0.4 is 5.32 Å². The summed E-state index contributed by atoms with van der Waals surface area (Å²) in [5, 5.41) is 2.84. The summed E-state index contributed by atoms with van der Waals surface area (Å²) in [6, 6.07) is 0. The Balaban J connectivity index is 2.30. The van der Waals surface area contributed by atoms with Gasteiger partial charge in [-0.3, -0.25) is 10.1 Å². The molecule has 1 rings (SSSR count). The number of hydrogen-bond acceptors (Lipinski definition) is 5. The van der Waals surface area contributed by atoms with Gasteiger partial charge in [-0.15, -0.1) is 0 Å². The van der Waals surface area contributed by atoms with Gasteiger partial charge in [0.25, 0.3) is 0 Å². The number of carbonyl (C=O) groups is 1. The van der Waals surface area contributed by atoms with E-state index in [9.17, 15) is 4.79 Å². The van der Waals surface area contributed by atoms with Crippen molar-refractivity contribution in [3.05, 3.63) is 0 Å². The molecule has 1 fully saturated rings. The van der Waals surface area contributed by atoms with Crippen molar-refractivity contribution >= 4 is 5.78 Å². The maximum absolute atomic E-state index is 11.3. The zero-order valence-electron chi connectivity index (χ0n) is 8.83. The number of hydrogen-bond donors (Lipinski definition) is 1. The summed E-state index contributed by atoms with van der Waals surface area (Å²) < 4.78 is 15.3. The number of carbonyl (C=O) groups excluding carboxylic acids is 1. The molecule has 5 nitrogen and oxygen atoms in total. The van der Waals surface area contributed by atoms with E-state index in [0.29, 0.717) is 13.2 Å². The first-order chi connectivity index (χ1) is 6.72. The van der Waals surface area contributed by atoms with E-state index in [2.05, 4.69) is 5.32 Å². The Labute approximate surface area is 83.7 Å². The van der Waals surface area contributed by atoms with Gasteiger partial charge in [0.2, 0.25) is 11.5 Å². The van der Waals surface area contributed by atoms with Crippen molar-refractivity contribution in [2.45, 2.75) is 18.2 Å². The van der Waals surface area contributed by atoms with E-state index in [4.69, 9.17) is 14.2 Å². The molecule has 2 unspecified atom stereocenters. The number of ether oxygens (including phenoxy) is 3. The number of ketones is 1. The van der Waals surface area contributed by atoms with Crippen LogP contribution >= 0.6 is 0 Å². The Hall–Kier alpha value is -0.490. The van der Waals surface area contributed by atoms with Crippen molar-refractivity contribution in [2.75, 3.05) is 34.5 Å². The Morgan fingerprint density at radius 1 is 1.43 bits per heavy atom. The van der Waals surface area contributed by atoms with Crippen LogP contribution in [0.2, 0.25) is 0 Å². The fourth-order valence-corrected chi connectivity index (χ4v) is 1.44. The minimum absolute atomic E-state index is 0.0417. The largest absolute Gasteiger partial charge is 0.385 e. The molecule has 0 spiro atoms. The molecule has 0 radical (unpaired) electrons. The number of rotatable bonds is 7. The minimum Gasteiger partial charge on any atom is -0.385 e. The molecule has 0 saturated heterocycles. The summed E-state index contributed by atoms with van der Waals surface area (Å²) in [5.74, 6) is -0.0417. The number of likely N-dealkylation sites (N-methyl/N-ethyl adjacent to an activating group) is 1. The SMILES string of the molecule is CNC1(OCCCOC)C(=O)C1OC. The molecule has 0 bridgehead atoms. The molecular weight excluding hydrogens is 186 g/mol. The zero-order valence-corrected chi connectivity index (χ0v) is 8.83. The van der Waals surface area contributed by atoms with Crippen LogP contribution in [-0.4, -0.2) is 52.1 Å². The molecule has 0 amide bonds. The first-order valence-electron chi connectivity index (χ1n) is 4.62. The summed E-state index contributed by atoms with van der Waals surface area (Å²) in [5.41, 5.74) is -0.900. The van der Waals surface area contributed by atoms with Gasteiger partial charge in [-0.25, -0.2) is 0 Å². The molecule has 5 heteroatoms. The lowest BCUT2D eigenvalue weighted by Crippen LogP contribution is -2.37. The summed E-state index contributed by atoms with van der Waals surface area (Å²) in [7, 11) is 4.82. The lowest BCUT2D eigenvalue weighted by molar-refractivity contribution is -0.120. The van der Waals surface area contributed by atoms with Crippen LogP contribution in [0.1, 0.15) is 6.42 Å². The van der Waals surface area contributed by atoms with Gasteiger partial charge in [-0.1, -0.05) is 0 Å². The molecule has 1 N–H and O–H groups in total. The molecule has 14 heavy (non-hydrogen) atoms. The minimum atomic E-state index is -0.900. The maximum Gasteiger partial charge on any atom is 0.216 e. The van der Waals surface area contributed by atoms with Gasteiger partial charge in [0.05, 0.1) is 6.61 Å². The van der Waals surface area contributed by atoms with Crippen LogP contribution in [0.5, 0.6) is 0 Å². The maximum atomic E-state index is 11.3. The van der Waals surface area contributed by atoms with Gasteiger partial charge < -0.3 is 14.2 Å². The van der Waals surface area contributed by atoms with Crippen LogP contribution in [0.15, 0.2) is 0 Å². The van der Waals surface area contributed by atoms with Crippen LogP contribution in [-0.2, 0) is 19.0 Å². The smallest absolute Gasteiger partial charge is 0.216 e. The second-order valence-corrected chi connectivity index (χ2v) is 3.16. The molecule has 0 aliphatic heterocycles. The predicted molar refractivity (Wildman–Crippen MR) is 50.0 cm³/mol. The first kappa shape index (κ1) is 11.6. The number of methoxy groups -OCH3 is 2. The van der Waals surface area contributed by atoms with E-state index >= 15 is 0 Å². The molecule has 0 heterocycles. The molecule has 1 aliphatic carbocycles. The summed E-state index contributed by atoms with van der Waals surface area (Å²) in [6.07, 6.45) is 0.305. The Bertz CT molecular complexity index is 209. The zero-order chi connectivity index (χ0) is 10.6. The van der Waals surface area contributed by atoms with Gasteiger partial charge in [0.1, 0.15) is 0 Å². The van der Waals surface area contributed by atoms with E-state index in [1.807, 2.05) is 0 Å². The summed E-state index contributed by atoms with van der Waals surface area (Å²) in [4.78, 5) is 11.3. The molecule has 0 aromatic rings. The molecule has 82 valence electrons. The molecule has 1 aliphatic rings. The van der Waals surface area contributed by atoms with Gasteiger partial charge in [0.15, 0.2) is 6.10 Å². The first-order valence-corrected chi connectivity index (χ1v) is 4.62. The van der Waals surface area contributed by atoms with Crippen molar-refractivity contribution in [3.8, 4) is 0 Å². The molecule has 0 aromatic heterocycles. The van der Waals surface area contributed by atoms with Crippen molar-refractivity contribution < 1.29 is 19.0 Å². The van der Waals surface area contributed by atoms with Crippen molar-refractivity contribution in [2.24, 2.45) is 0 Å². The fraction of sp³-hybridized carbons (Fsp3) is 0.889. The van der Waals surface area contributed by atoms with E-state index in [-0.39, 0.29) is 5.78 Å². The average Bonchev–Trinajstić information content (AvgIpc) is 2.78. The third-order valence-electron chi connectivity index (χ3n) is 2.32.